The van der Waals surface area contributed by atoms with Crippen LogP contribution in [0.5, 0.6) is 11.6 Å². The number of hydrogen-bond donors (Lipinski definition) is 0. The molecule has 1 heterocycles. The van der Waals surface area contributed by atoms with Gasteiger partial charge in [0.1, 0.15) is 5.75 Å². The number of aromatic nitrogens is 1. The molecule has 0 N–H and O–H groups in total. The standard InChI is InChI=1S/C9H9BrF3NO2/c1-5-6(4-10)14-8(3-7(5)15-2)16-9(11,12)13/h3H,4H2,1-2H3. The van der Waals surface area contributed by atoms with Gasteiger partial charge in [-0.15, -0.1) is 13.2 Å². The molecule has 0 bridgehead atoms. The highest BCUT2D eigenvalue weighted by Crippen LogP contribution is 2.29. The van der Waals surface area contributed by atoms with Gasteiger partial charge in [-0.3, -0.25) is 0 Å². The smallest absolute Gasteiger partial charge is 0.496 e. The van der Waals surface area contributed by atoms with E-state index in [4.69, 9.17) is 4.74 Å². The lowest BCUT2D eigenvalue weighted by molar-refractivity contribution is -0.276. The summed E-state index contributed by atoms with van der Waals surface area (Å²) >= 11 is 3.13. The molecule has 1 rings (SSSR count). The molecule has 0 radical (unpaired) electrons. The van der Waals surface area contributed by atoms with E-state index in [2.05, 4.69) is 25.7 Å². The first-order chi connectivity index (χ1) is 7.37. The Morgan fingerprint density at radius 1 is 1.44 bits per heavy atom. The number of alkyl halides is 4. The van der Waals surface area contributed by atoms with Gasteiger partial charge in [0.25, 0.3) is 0 Å². The summed E-state index contributed by atoms with van der Waals surface area (Å²) in [5.74, 6) is -0.215. The molecule has 90 valence electrons. The molecule has 16 heavy (non-hydrogen) atoms. The Labute approximate surface area is 98.7 Å². The van der Waals surface area contributed by atoms with Gasteiger partial charge in [0.2, 0.25) is 5.88 Å². The van der Waals surface area contributed by atoms with E-state index in [1.807, 2.05) is 0 Å². The Morgan fingerprint density at radius 3 is 2.50 bits per heavy atom. The van der Waals surface area contributed by atoms with Crippen molar-refractivity contribution in [2.45, 2.75) is 18.6 Å². The quantitative estimate of drug-likeness (QED) is 0.803. The lowest BCUT2D eigenvalue weighted by Gasteiger charge is -2.12. The van der Waals surface area contributed by atoms with Crippen molar-refractivity contribution in [3.63, 3.8) is 0 Å². The van der Waals surface area contributed by atoms with Crippen LogP contribution < -0.4 is 9.47 Å². The summed E-state index contributed by atoms with van der Waals surface area (Å²) in [7, 11) is 1.37. The number of rotatable bonds is 3. The van der Waals surface area contributed by atoms with Crippen molar-refractivity contribution in [2.75, 3.05) is 7.11 Å². The van der Waals surface area contributed by atoms with Gasteiger partial charge in [-0.1, -0.05) is 15.9 Å². The summed E-state index contributed by atoms with van der Waals surface area (Å²) in [5, 5.41) is 0.324. The van der Waals surface area contributed by atoms with Crippen molar-refractivity contribution in [3.05, 3.63) is 17.3 Å². The molecule has 0 unspecified atom stereocenters. The first-order valence-electron chi connectivity index (χ1n) is 4.23. The maximum Gasteiger partial charge on any atom is 0.574 e. The molecule has 0 aromatic carbocycles. The maximum absolute atomic E-state index is 12.0. The molecule has 1 aromatic heterocycles. The second-order valence-electron chi connectivity index (χ2n) is 2.92. The van der Waals surface area contributed by atoms with Crippen LogP contribution in [0.2, 0.25) is 0 Å². The van der Waals surface area contributed by atoms with Gasteiger partial charge in [0, 0.05) is 17.0 Å². The summed E-state index contributed by atoms with van der Waals surface area (Å²) in [6, 6.07) is 1.11. The lowest BCUT2D eigenvalue weighted by Crippen LogP contribution is -2.18. The first kappa shape index (κ1) is 13.1. The van der Waals surface area contributed by atoms with Crippen molar-refractivity contribution in [3.8, 4) is 11.6 Å². The molecule has 0 fully saturated rings. The van der Waals surface area contributed by atoms with Gasteiger partial charge >= 0.3 is 6.36 Å². The highest BCUT2D eigenvalue weighted by molar-refractivity contribution is 9.08. The summed E-state index contributed by atoms with van der Waals surface area (Å²) in [4.78, 5) is 3.72. The minimum absolute atomic E-state index is 0.309. The number of ether oxygens (including phenoxy) is 2. The van der Waals surface area contributed by atoms with Crippen LogP contribution in [0.4, 0.5) is 13.2 Å². The van der Waals surface area contributed by atoms with Crippen LogP contribution in [-0.4, -0.2) is 18.5 Å². The first-order valence-corrected chi connectivity index (χ1v) is 5.35. The normalized spacial score (nSPS) is 11.4. The molecular formula is C9H9BrF3NO2. The number of pyridine rings is 1. The van der Waals surface area contributed by atoms with E-state index in [1.165, 1.54) is 7.11 Å². The fraction of sp³-hybridized carbons (Fsp3) is 0.444. The number of halogens is 4. The monoisotopic (exact) mass is 299 g/mol. The third-order valence-electron chi connectivity index (χ3n) is 1.87. The highest BCUT2D eigenvalue weighted by Gasteiger charge is 2.32. The molecule has 3 nitrogen and oxygen atoms in total. The van der Waals surface area contributed by atoms with Gasteiger partial charge in [-0.25, -0.2) is 4.98 Å². The minimum Gasteiger partial charge on any atom is -0.496 e. The van der Waals surface area contributed by atoms with Crippen LogP contribution >= 0.6 is 15.9 Å². The molecule has 0 saturated heterocycles. The molecule has 0 atom stereocenters. The second-order valence-corrected chi connectivity index (χ2v) is 3.48. The van der Waals surface area contributed by atoms with E-state index in [0.29, 0.717) is 22.3 Å². The topological polar surface area (TPSA) is 31.4 Å². The maximum atomic E-state index is 12.0. The van der Waals surface area contributed by atoms with Crippen molar-refractivity contribution in [2.24, 2.45) is 0 Å². The molecular weight excluding hydrogens is 291 g/mol. The van der Waals surface area contributed by atoms with Crippen LogP contribution in [0.3, 0.4) is 0 Å². The molecule has 0 amide bonds. The average Bonchev–Trinajstić information content (AvgIpc) is 2.18. The van der Waals surface area contributed by atoms with Gasteiger partial charge in [-0.05, 0) is 6.92 Å². The van der Waals surface area contributed by atoms with Gasteiger partial charge in [0.05, 0.1) is 12.8 Å². The predicted molar refractivity (Wildman–Crippen MR) is 54.8 cm³/mol. The summed E-state index contributed by atoms with van der Waals surface area (Å²) in [6.07, 6.45) is -4.75. The molecule has 0 spiro atoms. The Balaban J connectivity index is 3.12. The third kappa shape index (κ3) is 3.26. The van der Waals surface area contributed by atoms with Gasteiger partial charge in [0.15, 0.2) is 0 Å². The molecule has 1 aromatic rings. The minimum atomic E-state index is -4.75. The highest BCUT2D eigenvalue weighted by atomic mass is 79.9. The number of nitrogens with zero attached hydrogens (tertiary/aromatic N) is 1. The second kappa shape index (κ2) is 4.90. The summed E-state index contributed by atoms with van der Waals surface area (Å²) in [5.41, 5.74) is 1.12. The zero-order valence-electron chi connectivity index (χ0n) is 8.56. The van der Waals surface area contributed by atoms with E-state index in [9.17, 15) is 13.2 Å². The summed E-state index contributed by atoms with van der Waals surface area (Å²) < 4.78 is 44.7. The van der Waals surface area contributed by atoms with E-state index < -0.39 is 12.2 Å². The molecule has 0 aliphatic heterocycles. The van der Waals surface area contributed by atoms with Crippen molar-refractivity contribution in [1.82, 2.24) is 4.98 Å². The van der Waals surface area contributed by atoms with Crippen molar-refractivity contribution < 1.29 is 22.6 Å². The summed E-state index contributed by atoms with van der Waals surface area (Å²) in [6.45, 7) is 1.71. The van der Waals surface area contributed by atoms with Crippen molar-refractivity contribution >= 4 is 15.9 Å². The molecule has 0 aliphatic carbocycles. The molecule has 0 saturated carbocycles. The van der Waals surface area contributed by atoms with E-state index in [0.717, 1.165) is 6.07 Å². The Bertz CT molecular complexity index is 357. The average molecular weight is 300 g/mol. The predicted octanol–water partition coefficient (Wildman–Crippen LogP) is 3.19. The SMILES string of the molecule is COc1cc(OC(F)(F)F)nc(CBr)c1C. The van der Waals surface area contributed by atoms with Crippen LogP contribution in [-0.2, 0) is 5.33 Å². The van der Waals surface area contributed by atoms with Crippen LogP contribution in [0.25, 0.3) is 0 Å². The Kier molecular flexibility index (Phi) is 4.01. The van der Waals surface area contributed by atoms with Crippen LogP contribution in [0, 0.1) is 6.92 Å². The van der Waals surface area contributed by atoms with E-state index in [1.54, 1.807) is 6.92 Å². The Morgan fingerprint density at radius 2 is 2.06 bits per heavy atom. The molecule has 0 aliphatic rings. The lowest BCUT2D eigenvalue weighted by atomic mass is 10.2. The Hall–Kier alpha value is -0.980. The number of hydrogen-bond acceptors (Lipinski definition) is 3. The van der Waals surface area contributed by atoms with E-state index in [-0.39, 0.29) is 0 Å². The fourth-order valence-electron chi connectivity index (χ4n) is 1.12. The van der Waals surface area contributed by atoms with Gasteiger partial charge in [-0.2, -0.15) is 0 Å². The van der Waals surface area contributed by atoms with Crippen LogP contribution in [0.15, 0.2) is 6.07 Å². The zero-order chi connectivity index (χ0) is 12.3. The zero-order valence-corrected chi connectivity index (χ0v) is 10.1. The van der Waals surface area contributed by atoms with Crippen molar-refractivity contribution in [1.29, 1.82) is 0 Å². The molecule has 7 heteroatoms. The largest absolute Gasteiger partial charge is 0.574 e. The fourth-order valence-corrected chi connectivity index (χ4v) is 1.67. The van der Waals surface area contributed by atoms with Gasteiger partial charge < -0.3 is 9.47 Å². The number of methoxy groups -OCH3 is 1. The van der Waals surface area contributed by atoms with E-state index >= 15 is 0 Å². The van der Waals surface area contributed by atoms with Crippen LogP contribution in [0.1, 0.15) is 11.3 Å². The third-order valence-corrected chi connectivity index (χ3v) is 2.40.